The van der Waals surface area contributed by atoms with Gasteiger partial charge >= 0.3 is 0 Å². The van der Waals surface area contributed by atoms with Crippen molar-refractivity contribution in [3.8, 4) is 5.75 Å². The van der Waals surface area contributed by atoms with Gasteiger partial charge in [-0.2, -0.15) is 0 Å². The summed E-state index contributed by atoms with van der Waals surface area (Å²) < 4.78 is 5.71. The second kappa shape index (κ2) is 7.41. The van der Waals surface area contributed by atoms with Crippen molar-refractivity contribution in [1.82, 2.24) is 4.90 Å². The van der Waals surface area contributed by atoms with Crippen LogP contribution < -0.4 is 4.74 Å². The van der Waals surface area contributed by atoms with Crippen LogP contribution in [0.3, 0.4) is 0 Å². The first-order valence-corrected chi connectivity index (χ1v) is 7.16. The third kappa shape index (κ3) is 4.69. The van der Waals surface area contributed by atoms with Crippen LogP contribution in [0.4, 0.5) is 0 Å². The molecule has 0 heterocycles. The molecule has 18 heavy (non-hydrogen) atoms. The van der Waals surface area contributed by atoms with E-state index < -0.39 is 0 Å². The van der Waals surface area contributed by atoms with Gasteiger partial charge in [0.25, 0.3) is 0 Å². The van der Waals surface area contributed by atoms with Crippen molar-refractivity contribution in [2.75, 3.05) is 25.5 Å². The van der Waals surface area contributed by atoms with Gasteiger partial charge in [-0.1, -0.05) is 33.6 Å². The molecule has 1 rings (SSSR count). The number of aryl methyl sites for hydroxylation is 2. The maximum atomic E-state index is 11.3. The highest BCUT2D eigenvalue weighted by Crippen LogP contribution is 2.18. The maximum absolute atomic E-state index is 11.3. The summed E-state index contributed by atoms with van der Waals surface area (Å²) >= 11 is 3.15. The molecule has 1 amide bonds. The quantitative estimate of drug-likeness (QED) is 0.597. The van der Waals surface area contributed by atoms with Crippen molar-refractivity contribution >= 4 is 21.8 Å². The van der Waals surface area contributed by atoms with Crippen molar-refractivity contribution in [2.24, 2.45) is 0 Å². The zero-order chi connectivity index (χ0) is 13.5. The van der Waals surface area contributed by atoms with Gasteiger partial charge in [0.15, 0.2) is 0 Å². The van der Waals surface area contributed by atoms with Gasteiger partial charge in [-0.05, 0) is 31.9 Å². The lowest BCUT2D eigenvalue weighted by atomic mass is 10.1. The predicted octanol–water partition coefficient (Wildman–Crippen LogP) is 2.93. The number of hydrogen-bond donors (Lipinski definition) is 0. The number of alkyl halides is 1. The SMILES string of the molecule is Cc1ccc(OCCCN(C)C(=O)CBr)c(C)c1. The van der Waals surface area contributed by atoms with E-state index in [1.165, 1.54) is 5.56 Å². The molecule has 100 valence electrons. The fraction of sp³-hybridized carbons (Fsp3) is 0.500. The summed E-state index contributed by atoms with van der Waals surface area (Å²) in [5.74, 6) is 1.02. The Hall–Kier alpha value is -1.03. The molecule has 0 aliphatic heterocycles. The van der Waals surface area contributed by atoms with Crippen molar-refractivity contribution < 1.29 is 9.53 Å². The van der Waals surface area contributed by atoms with E-state index in [9.17, 15) is 4.79 Å². The van der Waals surface area contributed by atoms with Gasteiger partial charge < -0.3 is 9.64 Å². The molecule has 0 N–H and O–H groups in total. The second-order valence-electron chi connectivity index (χ2n) is 4.42. The molecule has 0 radical (unpaired) electrons. The molecule has 3 nitrogen and oxygen atoms in total. The fourth-order valence-electron chi connectivity index (χ4n) is 1.67. The van der Waals surface area contributed by atoms with Crippen LogP contribution in [-0.2, 0) is 4.79 Å². The summed E-state index contributed by atoms with van der Waals surface area (Å²) in [6.07, 6.45) is 0.836. The van der Waals surface area contributed by atoms with E-state index in [0.29, 0.717) is 11.9 Å². The summed E-state index contributed by atoms with van der Waals surface area (Å²) in [7, 11) is 1.81. The van der Waals surface area contributed by atoms with Crippen LogP contribution in [0.2, 0.25) is 0 Å². The zero-order valence-corrected chi connectivity index (χ0v) is 12.8. The Morgan fingerprint density at radius 1 is 1.39 bits per heavy atom. The Balaban J connectivity index is 2.32. The number of halogens is 1. The number of amides is 1. The van der Waals surface area contributed by atoms with E-state index in [2.05, 4.69) is 28.9 Å². The van der Waals surface area contributed by atoms with E-state index in [-0.39, 0.29) is 5.91 Å². The number of benzene rings is 1. The highest BCUT2D eigenvalue weighted by atomic mass is 79.9. The number of nitrogens with zero attached hydrogens (tertiary/aromatic N) is 1. The minimum absolute atomic E-state index is 0.0986. The molecule has 0 bridgehead atoms. The normalized spacial score (nSPS) is 10.2. The first-order chi connectivity index (χ1) is 8.54. The van der Waals surface area contributed by atoms with E-state index in [4.69, 9.17) is 4.74 Å². The Morgan fingerprint density at radius 2 is 2.11 bits per heavy atom. The van der Waals surface area contributed by atoms with Gasteiger partial charge in [0.05, 0.1) is 11.9 Å². The van der Waals surface area contributed by atoms with Crippen molar-refractivity contribution in [1.29, 1.82) is 0 Å². The molecule has 0 aliphatic carbocycles. The number of carbonyl (C=O) groups excluding carboxylic acids is 1. The molecular formula is C14H20BrNO2. The standard InChI is InChI=1S/C14H20BrNO2/c1-11-5-6-13(12(2)9-11)18-8-4-7-16(3)14(17)10-15/h5-6,9H,4,7-8,10H2,1-3H3. The molecule has 1 aromatic carbocycles. The number of ether oxygens (including phenoxy) is 1. The molecule has 0 unspecified atom stereocenters. The van der Waals surface area contributed by atoms with Crippen LogP contribution in [0.1, 0.15) is 17.5 Å². The molecule has 0 aromatic heterocycles. The molecule has 0 fully saturated rings. The molecule has 0 saturated carbocycles. The average Bonchev–Trinajstić information content (AvgIpc) is 2.35. The molecule has 0 aliphatic rings. The second-order valence-corrected chi connectivity index (χ2v) is 4.98. The largest absolute Gasteiger partial charge is 0.493 e. The highest BCUT2D eigenvalue weighted by Gasteiger charge is 2.06. The molecule has 0 spiro atoms. The number of hydrogen-bond acceptors (Lipinski definition) is 2. The van der Waals surface area contributed by atoms with Crippen molar-refractivity contribution in [3.63, 3.8) is 0 Å². The first-order valence-electron chi connectivity index (χ1n) is 6.04. The topological polar surface area (TPSA) is 29.5 Å². The fourth-order valence-corrected chi connectivity index (χ4v) is 2.10. The van der Waals surface area contributed by atoms with Crippen LogP contribution in [0.5, 0.6) is 5.75 Å². The summed E-state index contributed by atoms with van der Waals surface area (Å²) in [6.45, 7) is 5.46. The Morgan fingerprint density at radius 3 is 2.72 bits per heavy atom. The molecular weight excluding hydrogens is 294 g/mol. The molecule has 0 atom stereocenters. The monoisotopic (exact) mass is 313 g/mol. The minimum atomic E-state index is 0.0986. The summed E-state index contributed by atoms with van der Waals surface area (Å²) in [4.78, 5) is 13.0. The smallest absolute Gasteiger partial charge is 0.232 e. The summed E-state index contributed by atoms with van der Waals surface area (Å²) in [5, 5.41) is 0.376. The first kappa shape index (κ1) is 15.0. The Kier molecular flexibility index (Phi) is 6.19. The van der Waals surface area contributed by atoms with Crippen molar-refractivity contribution in [2.45, 2.75) is 20.3 Å². The molecule has 0 saturated heterocycles. The van der Waals surface area contributed by atoms with Crippen LogP contribution in [0.15, 0.2) is 18.2 Å². The Labute approximate surface area is 117 Å². The lowest BCUT2D eigenvalue weighted by Gasteiger charge is -2.16. The van der Waals surface area contributed by atoms with Crippen LogP contribution >= 0.6 is 15.9 Å². The summed E-state index contributed by atoms with van der Waals surface area (Å²) in [6, 6.07) is 6.15. The van der Waals surface area contributed by atoms with Crippen LogP contribution in [0.25, 0.3) is 0 Å². The third-order valence-corrected chi connectivity index (χ3v) is 3.25. The van der Waals surface area contributed by atoms with Gasteiger partial charge in [-0.3, -0.25) is 4.79 Å². The predicted molar refractivity (Wildman–Crippen MR) is 77.5 cm³/mol. The van der Waals surface area contributed by atoms with Crippen molar-refractivity contribution in [3.05, 3.63) is 29.3 Å². The van der Waals surface area contributed by atoms with Crippen LogP contribution in [-0.4, -0.2) is 36.3 Å². The summed E-state index contributed by atoms with van der Waals surface area (Å²) in [5.41, 5.74) is 2.39. The zero-order valence-electron chi connectivity index (χ0n) is 11.2. The van der Waals surface area contributed by atoms with Crippen LogP contribution in [0, 0.1) is 13.8 Å². The van der Waals surface area contributed by atoms with E-state index in [1.54, 1.807) is 11.9 Å². The van der Waals surface area contributed by atoms with Gasteiger partial charge in [0.1, 0.15) is 5.75 Å². The Bertz CT molecular complexity index is 407. The minimum Gasteiger partial charge on any atom is -0.493 e. The lowest BCUT2D eigenvalue weighted by molar-refractivity contribution is -0.127. The van der Waals surface area contributed by atoms with E-state index in [1.807, 2.05) is 19.1 Å². The van der Waals surface area contributed by atoms with Gasteiger partial charge in [0, 0.05) is 13.6 Å². The van der Waals surface area contributed by atoms with Gasteiger partial charge in [-0.25, -0.2) is 0 Å². The number of rotatable bonds is 6. The average molecular weight is 314 g/mol. The van der Waals surface area contributed by atoms with E-state index >= 15 is 0 Å². The van der Waals surface area contributed by atoms with Gasteiger partial charge in [0.2, 0.25) is 5.91 Å². The van der Waals surface area contributed by atoms with E-state index in [0.717, 1.165) is 24.3 Å². The molecule has 4 heteroatoms. The lowest BCUT2D eigenvalue weighted by Crippen LogP contribution is -2.29. The molecule has 1 aromatic rings. The highest BCUT2D eigenvalue weighted by molar-refractivity contribution is 9.09. The number of carbonyl (C=O) groups is 1. The maximum Gasteiger partial charge on any atom is 0.232 e. The van der Waals surface area contributed by atoms with Gasteiger partial charge in [-0.15, -0.1) is 0 Å². The third-order valence-electron chi connectivity index (χ3n) is 2.77.